The molecule has 0 radical (unpaired) electrons. The van der Waals surface area contributed by atoms with Crippen LogP contribution in [0.3, 0.4) is 0 Å². The van der Waals surface area contributed by atoms with Crippen molar-refractivity contribution in [3.05, 3.63) is 0 Å². The molecule has 7 atom stereocenters. The Labute approximate surface area is 524 Å². The van der Waals surface area contributed by atoms with Gasteiger partial charge in [-0.2, -0.15) is 0 Å². The van der Waals surface area contributed by atoms with E-state index in [2.05, 4.69) is 48.5 Å². The number of hydrogen-bond donors (Lipinski definition) is 3. The van der Waals surface area contributed by atoms with Crippen LogP contribution in [0.4, 0.5) is 0 Å². The minimum atomic E-state index is -4.95. The van der Waals surface area contributed by atoms with Gasteiger partial charge in [-0.15, -0.1) is 0 Å². The maximum Gasteiger partial charge on any atom is 0.472 e. The van der Waals surface area contributed by atoms with E-state index in [1.807, 2.05) is 0 Å². The fraction of sp³-hybridized carbons (Fsp3) is 0.940. The molecule has 0 saturated heterocycles. The molecular formula is C67H130O17P2. The van der Waals surface area contributed by atoms with Gasteiger partial charge in [0.15, 0.2) is 12.2 Å². The van der Waals surface area contributed by atoms with E-state index in [0.717, 1.165) is 108 Å². The van der Waals surface area contributed by atoms with Crippen molar-refractivity contribution in [3.8, 4) is 0 Å². The summed E-state index contributed by atoms with van der Waals surface area (Å²) in [6.07, 6.45) is 40.3. The van der Waals surface area contributed by atoms with Crippen molar-refractivity contribution in [2.24, 2.45) is 17.8 Å². The van der Waals surface area contributed by atoms with Gasteiger partial charge < -0.3 is 33.8 Å². The van der Waals surface area contributed by atoms with Crippen LogP contribution in [0.25, 0.3) is 0 Å². The van der Waals surface area contributed by atoms with Crippen molar-refractivity contribution in [1.29, 1.82) is 0 Å². The standard InChI is InChI=1S/C67H130O17P2/c1-8-11-12-13-14-15-16-17-18-19-27-36-43-50-66(71)83-62(54-77-64(69)48-41-34-26-22-20-24-32-39-46-59(6)9-2)56-81-85(73,74)79-52-61(68)53-80-86(75,76)82-57-63(55-78-65(70)49-42-35-30-29-31-38-45-58(4)5)84-67(72)51-44-37-28-23-21-25-33-40-47-60(7)10-3/h58-63,68H,8-57H2,1-7H3,(H,73,74)(H,75,76)/t59?,60?,61-,62-,63-/m1/s1. The highest BCUT2D eigenvalue weighted by Crippen LogP contribution is 2.45. The lowest BCUT2D eigenvalue weighted by molar-refractivity contribution is -0.161. The third-order valence-corrected chi connectivity index (χ3v) is 18.0. The molecule has 0 fully saturated rings. The molecule has 0 saturated carbocycles. The molecule has 0 amide bonds. The Morgan fingerprint density at radius 2 is 0.593 bits per heavy atom. The Hall–Kier alpha value is -1.94. The van der Waals surface area contributed by atoms with Crippen LogP contribution < -0.4 is 0 Å². The average molecular weight is 1270 g/mol. The second kappa shape index (κ2) is 58.2. The summed E-state index contributed by atoms with van der Waals surface area (Å²) in [5.41, 5.74) is 0. The van der Waals surface area contributed by atoms with Crippen LogP contribution in [0, 0.1) is 17.8 Å². The van der Waals surface area contributed by atoms with E-state index in [0.29, 0.717) is 31.6 Å². The third kappa shape index (κ3) is 58.4. The number of phosphoric acid groups is 2. The molecule has 0 heterocycles. The van der Waals surface area contributed by atoms with Crippen LogP contribution in [-0.4, -0.2) is 96.7 Å². The first kappa shape index (κ1) is 84.1. The number of esters is 4. The number of aliphatic hydroxyl groups excluding tert-OH is 1. The highest BCUT2D eigenvalue weighted by atomic mass is 31.2. The quantitative estimate of drug-likeness (QED) is 0.0222. The molecule has 0 aliphatic heterocycles. The summed E-state index contributed by atoms with van der Waals surface area (Å²) in [6, 6.07) is 0. The molecule has 0 aromatic rings. The maximum absolute atomic E-state index is 13.0. The first-order valence-electron chi connectivity index (χ1n) is 34.9. The number of carbonyl (C=O) groups is 4. The van der Waals surface area contributed by atoms with E-state index in [9.17, 15) is 43.2 Å². The van der Waals surface area contributed by atoms with Crippen LogP contribution in [0.15, 0.2) is 0 Å². The van der Waals surface area contributed by atoms with Gasteiger partial charge >= 0.3 is 39.5 Å². The molecule has 510 valence electrons. The van der Waals surface area contributed by atoms with Crippen molar-refractivity contribution in [1.82, 2.24) is 0 Å². The Bertz CT molecular complexity index is 1700. The second-order valence-corrected chi connectivity index (χ2v) is 28.1. The number of hydrogen-bond acceptors (Lipinski definition) is 15. The fourth-order valence-electron chi connectivity index (χ4n) is 9.95. The smallest absolute Gasteiger partial charge is 0.462 e. The van der Waals surface area contributed by atoms with Gasteiger partial charge in [-0.1, -0.05) is 280 Å². The molecule has 0 rings (SSSR count). The number of unbranched alkanes of at least 4 members (excludes halogenated alkanes) is 31. The zero-order valence-corrected chi connectivity index (χ0v) is 57.6. The molecule has 0 aliphatic carbocycles. The molecular weight excluding hydrogens is 1140 g/mol. The lowest BCUT2D eigenvalue weighted by atomic mass is 9.99. The molecule has 0 spiro atoms. The van der Waals surface area contributed by atoms with E-state index in [1.54, 1.807) is 0 Å². The van der Waals surface area contributed by atoms with Crippen molar-refractivity contribution in [2.45, 2.75) is 349 Å². The minimum Gasteiger partial charge on any atom is -0.462 e. The molecule has 0 bridgehead atoms. The fourth-order valence-corrected chi connectivity index (χ4v) is 11.5. The van der Waals surface area contributed by atoms with Crippen molar-refractivity contribution in [3.63, 3.8) is 0 Å². The lowest BCUT2D eigenvalue weighted by Gasteiger charge is -2.21. The number of rotatable bonds is 65. The summed E-state index contributed by atoms with van der Waals surface area (Å²) in [6.45, 7) is 11.7. The first-order chi connectivity index (χ1) is 41.3. The zero-order valence-electron chi connectivity index (χ0n) is 55.8. The van der Waals surface area contributed by atoms with Gasteiger partial charge in [-0.3, -0.25) is 37.3 Å². The van der Waals surface area contributed by atoms with Gasteiger partial charge in [0, 0.05) is 25.7 Å². The predicted molar refractivity (Wildman–Crippen MR) is 344 cm³/mol. The number of carbonyl (C=O) groups excluding carboxylic acids is 4. The maximum atomic E-state index is 13.0. The summed E-state index contributed by atoms with van der Waals surface area (Å²) in [5.74, 6) is 0.0937. The van der Waals surface area contributed by atoms with Gasteiger partial charge in [-0.05, 0) is 43.4 Å². The van der Waals surface area contributed by atoms with E-state index in [-0.39, 0.29) is 25.7 Å². The monoisotopic (exact) mass is 1270 g/mol. The molecule has 86 heavy (non-hydrogen) atoms. The molecule has 3 N–H and O–H groups in total. The van der Waals surface area contributed by atoms with Crippen molar-refractivity contribution in [2.75, 3.05) is 39.6 Å². The summed E-state index contributed by atoms with van der Waals surface area (Å²) >= 11 is 0. The van der Waals surface area contributed by atoms with Crippen LogP contribution >= 0.6 is 15.6 Å². The molecule has 0 aliphatic rings. The summed E-state index contributed by atoms with van der Waals surface area (Å²) < 4.78 is 68.1. The summed E-state index contributed by atoms with van der Waals surface area (Å²) in [5, 5.41) is 10.6. The van der Waals surface area contributed by atoms with Crippen LogP contribution in [0.5, 0.6) is 0 Å². The van der Waals surface area contributed by atoms with Crippen LogP contribution in [0.1, 0.15) is 331 Å². The Kier molecular flexibility index (Phi) is 56.9. The number of ether oxygens (including phenoxy) is 4. The Morgan fingerprint density at radius 1 is 0.337 bits per heavy atom. The lowest BCUT2D eigenvalue weighted by Crippen LogP contribution is -2.30. The van der Waals surface area contributed by atoms with Gasteiger partial charge in [-0.25, -0.2) is 9.13 Å². The van der Waals surface area contributed by atoms with Crippen LogP contribution in [-0.2, 0) is 65.4 Å². The Balaban J connectivity index is 5.26. The van der Waals surface area contributed by atoms with Crippen molar-refractivity contribution >= 4 is 39.5 Å². The van der Waals surface area contributed by atoms with E-state index < -0.39 is 97.5 Å². The van der Waals surface area contributed by atoms with Crippen molar-refractivity contribution < 1.29 is 80.2 Å². The topological polar surface area (TPSA) is 237 Å². The van der Waals surface area contributed by atoms with Gasteiger partial charge in [0.1, 0.15) is 19.3 Å². The van der Waals surface area contributed by atoms with E-state index >= 15 is 0 Å². The first-order valence-corrected chi connectivity index (χ1v) is 37.9. The molecule has 0 aromatic heterocycles. The zero-order chi connectivity index (χ0) is 63.8. The second-order valence-electron chi connectivity index (χ2n) is 25.2. The Morgan fingerprint density at radius 3 is 0.884 bits per heavy atom. The molecule has 4 unspecified atom stereocenters. The molecule has 0 aromatic carbocycles. The van der Waals surface area contributed by atoms with Gasteiger partial charge in [0.2, 0.25) is 0 Å². The molecule has 17 nitrogen and oxygen atoms in total. The SMILES string of the molecule is CCCCCCCCCCCCCCCC(=O)O[C@H](COC(=O)CCCCCCCCCCC(C)CC)COP(=O)(O)OC[C@@H](O)COP(=O)(O)OC[C@@H](COC(=O)CCCCCCCCC(C)C)OC(=O)CCCCCCCCCCC(C)CC. The van der Waals surface area contributed by atoms with Crippen LogP contribution in [0.2, 0.25) is 0 Å². The third-order valence-electron chi connectivity index (χ3n) is 16.1. The minimum absolute atomic E-state index is 0.104. The van der Waals surface area contributed by atoms with E-state index in [1.165, 1.54) is 135 Å². The summed E-state index contributed by atoms with van der Waals surface area (Å²) in [7, 11) is -9.90. The van der Waals surface area contributed by atoms with Gasteiger partial charge in [0.05, 0.1) is 26.4 Å². The highest BCUT2D eigenvalue weighted by Gasteiger charge is 2.30. The highest BCUT2D eigenvalue weighted by molar-refractivity contribution is 7.47. The number of aliphatic hydroxyl groups is 1. The molecule has 19 heteroatoms. The predicted octanol–water partition coefficient (Wildman–Crippen LogP) is 18.7. The average Bonchev–Trinajstić information content (AvgIpc) is 3.66. The largest absolute Gasteiger partial charge is 0.472 e. The van der Waals surface area contributed by atoms with E-state index in [4.69, 9.17) is 37.0 Å². The normalized spacial score (nSPS) is 14.9. The summed E-state index contributed by atoms with van der Waals surface area (Å²) in [4.78, 5) is 72.4. The number of phosphoric ester groups is 2. The van der Waals surface area contributed by atoms with Gasteiger partial charge in [0.25, 0.3) is 0 Å².